The van der Waals surface area contributed by atoms with Gasteiger partial charge >= 0.3 is 0 Å². The zero-order valence-corrected chi connectivity index (χ0v) is 9.45. The van der Waals surface area contributed by atoms with Crippen LogP contribution in [0.1, 0.15) is 43.2 Å². The van der Waals surface area contributed by atoms with Gasteiger partial charge in [-0.15, -0.1) is 0 Å². The number of rotatable bonds is 1. The van der Waals surface area contributed by atoms with Crippen LogP contribution in [-0.2, 0) is 13.0 Å². The molecule has 0 radical (unpaired) electrons. The van der Waals surface area contributed by atoms with E-state index in [0.29, 0.717) is 6.04 Å². The van der Waals surface area contributed by atoms with Crippen LogP contribution in [0.3, 0.4) is 0 Å². The first-order chi connectivity index (χ1) is 7.34. The molecule has 0 aliphatic carbocycles. The zero-order valence-electron chi connectivity index (χ0n) is 9.45. The number of aromatic nitrogens is 2. The standard InChI is InChI=1S/C12H19N3/c1-14-7-4-5-11(14)10-9-15-8-3-2-6-12(15)13-10/h9,11H,2-8H2,1H3. The highest BCUT2D eigenvalue weighted by atomic mass is 15.2. The van der Waals surface area contributed by atoms with E-state index in [2.05, 4.69) is 22.7 Å². The number of hydrogen-bond donors (Lipinski definition) is 0. The molecule has 0 aromatic carbocycles. The summed E-state index contributed by atoms with van der Waals surface area (Å²) < 4.78 is 2.37. The second kappa shape index (κ2) is 3.63. The van der Waals surface area contributed by atoms with Crippen molar-refractivity contribution in [1.82, 2.24) is 14.5 Å². The lowest BCUT2D eigenvalue weighted by Crippen LogP contribution is -2.17. The van der Waals surface area contributed by atoms with Gasteiger partial charge in [-0.3, -0.25) is 4.90 Å². The van der Waals surface area contributed by atoms with Crippen LogP contribution in [0.5, 0.6) is 0 Å². The molecule has 1 atom stereocenters. The van der Waals surface area contributed by atoms with Gasteiger partial charge in [0.1, 0.15) is 5.82 Å². The summed E-state index contributed by atoms with van der Waals surface area (Å²) in [4.78, 5) is 7.24. The SMILES string of the molecule is CN1CCCC1c1cn2c(n1)CCCC2. The first kappa shape index (κ1) is 9.40. The zero-order chi connectivity index (χ0) is 10.3. The predicted octanol–water partition coefficient (Wildman–Crippen LogP) is 1.99. The van der Waals surface area contributed by atoms with E-state index in [9.17, 15) is 0 Å². The molecule has 0 amide bonds. The largest absolute Gasteiger partial charge is 0.335 e. The molecule has 1 saturated heterocycles. The van der Waals surface area contributed by atoms with Crippen LogP contribution in [0.4, 0.5) is 0 Å². The van der Waals surface area contributed by atoms with E-state index >= 15 is 0 Å². The Balaban J connectivity index is 1.88. The summed E-state index contributed by atoms with van der Waals surface area (Å²) in [6, 6.07) is 0.586. The van der Waals surface area contributed by atoms with Gasteiger partial charge in [-0.05, 0) is 39.3 Å². The van der Waals surface area contributed by atoms with Crippen molar-refractivity contribution in [3.05, 3.63) is 17.7 Å². The summed E-state index contributed by atoms with van der Waals surface area (Å²) in [5.74, 6) is 1.32. The van der Waals surface area contributed by atoms with Crippen LogP contribution in [0.25, 0.3) is 0 Å². The summed E-state index contributed by atoms with van der Waals surface area (Å²) in [5, 5.41) is 0. The molecular weight excluding hydrogens is 186 g/mol. The highest BCUT2D eigenvalue weighted by molar-refractivity contribution is 5.11. The van der Waals surface area contributed by atoms with E-state index in [0.717, 1.165) is 0 Å². The van der Waals surface area contributed by atoms with Crippen molar-refractivity contribution in [2.75, 3.05) is 13.6 Å². The smallest absolute Gasteiger partial charge is 0.109 e. The summed E-state index contributed by atoms with van der Waals surface area (Å²) >= 11 is 0. The first-order valence-electron chi connectivity index (χ1n) is 6.11. The number of hydrogen-bond acceptors (Lipinski definition) is 2. The molecule has 0 N–H and O–H groups in total. The minimum atomic E-state index is 0.586. The molecule has 3 heteroatoms. The van der Waals surface area contributed by atoms with Crippen LogP contribution in [0.2, 0.25) is 0 Å². The first-order valence-corrected chi connectivity index (χ1v) is 6.11. The monoisotopic (exact) mass is 205 g/mol. The molecule has 1 fully saturated rings. The summed E-state index contributed by atoms with van der Waals surface area (Å²) in [7, 11) is 2.22. The van der Waals surface area contributed by atoms with Crippen molar-refractivity contribution in [2.45, 2.75) is 44.7 Å². The van der Waals surface area contributed by atoms with E-state index in [-0.39, 0.29) is 0 Å². The fourth-order valence-electron chi connectivity index (χ4n) is 2.88. The third kappa shape index (κ3) is 1.59. The van der Waals surface area contributed by atoms with Crippen molar-refractivity contribution < 1.29 is 0 Å². The van der Waals surface area contributed by atoms with Gasteiger partial charge < -0.3 is 4.57 Å². The van der Waals surface area contributed by atoms with E-state index in [1.165, 1.54) is 56.7 Å². The van der Waals surface area contributed by atoms with E-state index in [1.54, 1.807) is 0 Å². The van der Waals surface area contributed by atoms with Crippen molar-refractivity contribution in [2.24, 2.45) is 0 Å². The molecule has 82 valence electrons. The summed E-state index contributed by atoms with van der Waals surface area (Å²) in [5.41, 5.74) is 1.31. The molecule has 0 bridgehead atoms. The molecule has 3 rings (SSSR count). The summed E-state index contributed by atoms with van der Waals surface area (Å²) in [6.45, 7) is 2.41. The number of aryl methyl sites for hydroxylation is 2. The van der Waals surface area contributed by atoms with Crippen LogP contribution in [0.15, 0.2) is 6.20 Å². The maximum atomic E-state index is 4.80. The molecule has 3 heterocycles. The van der Waals surface area contributed by atoms with E-state index in [1.807, 2.05) is 0 Å². The van der Waals surface area contributed by atoms with E-state index in [4.69, 9.17) is 4.98 Å². The highest BCUT2D eigenvalue weighted by Crippen LogP contribution is 2.30. The number of likely N-dealkylation sites (tertiary alicyclic amines) is 1. The van der Waals surface area contributed by atoms with Crippen LogP contribution >= 0.6 is 0 Å². The normalized spacial score (nSPS) is 26.9. The number of imidazole rings is 1. The van der Waals surface area contributed by atoms with Gasteiger partial charge in [-0.25, -0.2) is 4.98 Å². The lowest BCUT2D eigenvalue weighted by Gasteiger charge is -2.16. The Kier molecular flexibility index (Phi) is 2.28. The molecule has 1 aromatic heterocycles. The topological polar surface area (TPSA) is 21.1 Å². The summed E-state index contributed by atoms with van der Waals surface area (Å²) in [6.07, 6.45) is 8.72. The van der Waals surface area contributed by atoms with Gasteiger partial charge in [0.25, 0.3) is 0 Å². The minimum Gasteiger partial charge on any atom is -0.335 e. The van der Waals surface area contributed by atoms with Crippen molar-refractivity contribution in [3.63, 3.8) is 0 Å². The molecule has 3 nitrogen and oxygen atoms in total. The molecular formula is C12H19N3. The maximum absolute atomic E-state index is 4.80. The Bertz CT molecular complexity index is 332. The minimum absolute atomic E-state index is 0.586. The average Bonchev–Trinajstić information content (AvgIpc) is 2.82. The molecule has 2 aliphatic heterocycles. The van der Waals surface area contributed by atoms with Crippen molar-refractivity contribution in [3.8, 4) is 0 Å². The van der Waals surface area contributed by atoms with Crippen molar-refractivity contribution >= 4 is 0 Å². The number of nitrogens with zero attached hydrogens (tertiary/aromatic N) is 3. The molecule has 0 spiro atoms. The van der Waals surface area contributed by atoms with Crippen molar-refractivity contribution in [1.29, 1.82) is 0 Å². The van der Waals surface area contributed by atoms with Gasteiger partial charge in [0, 0.05) is 19.2 Å². The second-order valence-corrected chi connectivity index (χ2v) is 4.87. The Morgan fingerprint density at radius 1 is 1.27 bits per heavy atom. The van der Waals surface area contributed by atoms with Gasteiger partial charge in [0.2, 0.25) is 0 Å². The quantitative estimate of drug-likeness (QED) is 0.699. The van der Waals surface area contributed by atoms with Gasteiger partial charge in [-0.2, -0.15) is 0 Å². The Labute approximate surface area is 91.1 Å². The molecule has 2 aliphatic rings. The third-order valence-electron chi connectivity index (χ3n) is 3.79. The lowest BCUT2D eigenvalue weighted by atomic mass is 10.2. The maximum Gasteiger partial charge on any atom is 0.109 e. The fraction of sp³-hybridized carbons (Fsp3) is 0.750. The van der Waals surface area contributed by atoms with Gasteiger partial charge in [-0.1, -0.05) is 0 Å². The third-order valence-corrected chi connectivity index (χ3v) is 3.79. The van der Waals surface area contributed by atoms with Crippen LogP contribution in [0, 0.1) is 0 Å². The Morgan fingerprint density at radius 3 is 2.93 bits per heavy atom. The lowest BCUT2D eigenvalue weighted by molar-refractivity contribution is 0.312. The molecule has 0 saturated carbocycles. The molecule has 1 unspecified atom stereocenters. The van der Waals surface area contributed by atoms with Crippen LogP contribution in [-0.4, -0.2) is 28.0 Å². The van der Waals surface area contributed by atoms with E-state index < -0.39 is 0 Å². The fourth-order valence-corrected chi connectivity index (χ4v) is 2.88. The second-order valence-electron chi connectivity index (χ2n) is 4.87. The molecule has 15 heavy (non-hydrogen) atoms. The van der Waals surface area contributed by atoms with Crippen LogP contribution < -0.4 is 0 Å². The molecule has 1 aromatic rings. The Hall–Kier alpha value is -0.830. The predicted molar refractivity (Wildman–Crippen MR) is 59.8 cm³/mol. The highest BCUT2D eigenvalue weighted by Gasteiger charge is 2.26. The Morgan fingerprint density at radius 2 is 2.20 bits per heavy atom. The average molecular weight is 205 g/mol. The number of fused-ring (bicyclic) bond motifs is 1. The van der Waals surface area contributed by atoms with Gasteiger partial charge in [0.15, 0.2) is 0 Å². The van der Waals surface area contributed by atoms with Gasteiger partial charge in [0.05, 0.1) is 11.7 Å².